The van der Waals surface area contributed by atoms with E-state index in [0.29, 0.717) is 17.2 Å². The van der Waals surface area contributed by atoms with Crippen molar-refractivity contribution < 1.29 is 32.2 Å². The second-order valence-corrected chi connectivity index (χ2v) is 6.73. The molecule has 1 aliphatic rings. The normalized spacial score (nSPS) is 14.1. The maximum atomic E-state index is 13.6. The van der Waals surface area contributed by atoms with E-state index in [1.807, 2.05) is 0 Å². The molecule has 0 bridgehead atoms. The summed E-state index contributed by atoms with van der Waals surface area (Å²) in [6.07, 6.45) is -5.75. The number of halogens is 3. The van der Waals surface area contributed by atoms with Crippen molar-refractivity contribution in [2.45, 2.75) is 26.1 Å². The highest BCUT2D eigenvalue weighted by Gasteiger charge is 2.36. The van der Waals surface area contributed by atoms with Gasteiger partial charge in [-0.05, 0) is 26.0 Å². The van der Waals surface area contributed by atoms with Gasteiger partial charge in [0, 0.05) is 24.9 Å². The van der Waals surface area contributed by atoms with Crippen molar-refractivity contribution in [2.75, 3.05) is 12.1 Å². The minimum absolute atomic E-state index is 0.0145. The Morgan fingerprint density at radius 3 is 2.73 bits per heavy atom. The molecule has 0 radical (unpaired) electrons. The third-order valence-corrected chi connectivity index (χ3v) is 4.56. The number of hydrogen-bond donors (Lipinski definition) is 1. The predicted octanol–water partition coefficient (Wildman–Crippen LogP) is 3.43. The fourth-order valence-corrected chi connectivity index (χ4v) is 3.16. The molecule has 3 heterocycles. The van der Waals surface area contributed by atoms with Gasteiger partial charge >= 0.3 is 6.18 Å². The number of rotatable bonds is 4. The molecule has 4 rings (SSSR count). The molecule has 1 N–H and O–H groups in total. The fourth-order valence-electron chi connectivity index (χ4n) is 3.16. The Labute approximate surface area is 168 Å². The molecule has 158 valence electrons. The van der Waals surface area contributed by atoms with Crippen LogP contribution in [0.25, 0.3) is 11.0 Å². The van der Waals surface area contributed by atoms with Crippen LogP contribution in [0, 0.1) is 6.92 Å². The molecule has 0 saturated heterocycles. The Kier molecular flexibility index (Phi) is 4.67. The Bertz CT molecular complexity index is 1140. The number of nitrogens with one attached hydrogen (secondary N) is 1. The zero-order valence-corrected chi connectivity index (χ0v) is 16.2. The molecule has 3 aromatic rings. The lowest BCUT2D eigenvalue weighted by Gasteiger charge is -2.16. The van der Waals surface area contributed by atoms with Crippen molar-refractivity contribution in [1.82, 2.24) is 14.8 Å². The van der Waals surface area contributed by atoms with Crippen LogP contribution in [0.5, 0.6) is 17.4 Å². The molecule has 1 atom stereocenters. The van der Waals surface area contributed by atoms with Crippen LogP contribution in [0.3, 0.4) is 0 Å². The number of benzene rings is 1. The number of aromatic nitrogens is 3. The standard InChI is InChI=1S/C19H17F3N4O4/c1-9-16-12(19(20,21)22)7-15(24-17(16)26(3)25-9)30-10(2)18(27)23-11-4-5-13-14(6-11)29-8-28-13/h4-7,10H,8H2,1-3H3,(H,23,27). The Morgan fingerprint density at radius 2 is 2.00 bits per heavy atom. The van der Waals surface area contributed by atoms with Crippen molar-refractivity contribution in [3.63, 3.8) is 0 Å². The lowest BCUT2D eigenvalue weighted by Crippen LogP contribution is -2.30. The van der Waals surface area contributed by atoms with E-state index in [1.54, 1.807) is 18.2 Å². The van der Waals surface area contributed by atoms with Gasteiger partial charge in [0.15, 0.2) is 23.3 Å². The largest absolute Gasteiger partial charge is 0.464 e. The first-order valence-corrected chi connectivity index (χ1v) is 8.92. The molecule has 0 aliphatic carbocycles. The van der Waals surface area contributed by atoms with Crippen molar-refractivity contribution >= 4 is 22.6 Å². The SMILES string of the molecule is Cc1nn(C)c2nc(OC(C)C(=O)Nc3ccc4c(c3)OCO4)cc(C(F)(F)F)c12. The van der Waals surface area contributed by atoms with E-state index >= 15 is 0 Å². The van der Waals surface area contributed by atoms with Gasteiger partial charge in [-0.25, -0.2) is 0 Å². The predicted molar refractivity (Wildman–Crippen MR) is 99.5 cm³/mol. The molecule has 0 fully saturated rings. The van der Waals surface area contributed by atoms with E-state index in [-0.39, 0.29) is 29.4 Å². The average molecular weight is 422 g/mol. The first-order valence-electron chi connectivity index (χ1n) is 8.92. The lowest BCUT2D eigenvalue weighted by molar-refractivity contribution is -0.136. The third kappa shape index (κ3) is 3.58. The number of aryl methyl sites for hydroxylation is 2. The smallest absolute Gasteiger partial charge is 0.417 e. The first kappa shape index (κ1) is 19.8. The van der Waals surface area contributed by atoms with Crippen LogP contribution in [0.1, 0.15) is 18.2 Å². The number of amides is 1. The van der Waals surface area contributed by atoms with Crippen molar-refractivity contribution in [1.29, 1.82) is 0 Å². The molecule has 1 amide bonds. The van der Waals surface area contributed by atoms with Crippen LogP contribution >= 0.6 is 0 Å². The second-order valence-electron chi connectivity index (χ2n) is 6.73. The Balaban J connectivity index is 1.57. The molecule has 1 aliphatic heterocycles. The molecular weight excluding hydrogens is 405 g/mol. The Hall–Kier alpha value is -3.50. The van der Waals surface area contributed by atoms with Gasteiger partial charge in [-0.3, -0.25) is 9.48 Å². The molecule has 1 unspecified atom stereocenters. The second kappa shape index (κ2) is 7.08. The highest BCUT2D eigenvalue weighted by atomic mass is 19.4. The van der Waals surface area contributed by atoms with Crippen LogP contribution in [-0.4, -0.2) is 33.6 Å². The monoisotopic (exact) mass is 422 g/mol. The summed E-state index contributed by atoms with van der Waals surface area (Å²) >= 11 is 0. The van der Waals surface area contributed by atoms with E-state index in [0.717, 1.165) is 6.07 Å². The van der Waals surface area contributed by atoms with Crippen molar-refractivity contribution in [3.05, 3.63) is 35.5 Å². The summed E-state index contributed by atoms with van der Waals surface area (Å²) in [5.41, 5.74) is -0.272. The summed E-state index contributed by atoms with van der Waals surface area (Å²) in [5, 5.41) is 6.52. The quantitative estimate of drug-likeness (QED) is 0.693. The molecule has 0 saturated carbocycles. The number of alkyl halides is 3. The van der Waals surface area contributed by atoms with Gasteiger partial charge < -0.3 is 19.5 Å². The molecule has 2 aromatic heterocycles. The molecule has 30 heavy (non-hydrogen) atoms. The maximum absolute atomic E-state index is 13.6. The van der Waals surface area contributed by atoms with E-state index in [1.165, 1.54) is 25.6 Å². The number of ether oxygens (including phenoxy) is 3. The van der Waals surface area contributed by atoms with Gasteiger partial charge in [0.05, 0.1) is 16.6 Å². The molecule has 1 aromatic carbocycles. The number of hydrogen-bond acceptors (Lipinski definition) is 6. The summed E-state index contributed by atoms with van der Waals surface area (Å²) in [6.45, 7) is 2.98. The van der Waals surface area contributed by atoms with Gasteiger partial charge in [-0.1, -0.05) is 0 Å². The van der Waals surface area contributed by atoms with Gasteiger partial charge in [-0.2, -0.15) is 23.3 Å². The number of carbonyl (C=O) groups excluding carboxylic acids is 1. The van der Waals surface area contributed by atoms with E-state index in [2.05, 4.69) is 15.4 Å². The first-order chi connectivity index (χ1) is 14.1. The summed E-state index contributed by atoms with van der Waals surface area (Å²) in [6, 6.07) is 5.61. The number of nitrogens with zero attached hydrogens (tertiary/aromatic N) is 3. The average Bonchev–Trinajstić information content (AvgIpc) is 3.24. The van der Waals surface area contributed by atoms with Crippen LogP contribution in [-0.2, 0) is 18.0 Å². The highest BCUT2D eigenvalue weighted by molar-refractivity contribution is 5.94. The van der Waals surface area contributed by atoms with E-state index in [4.69, 9.17) is 14.2 Å². The zero-order chi connectivity index (χ0) is 21.6. The number of pyridine rings is 1. The van der Waals surface area contributed by atoms with Crippen molar-refractivity contribution in [2.24, 2.45) is 7.05 Å². The lowest BCUT2D eigenvalue weighted by atomic mass is 10.1. The third-order valence-electron chi connectivity index (χ3n) is 4.56. The molecule has 0 spiro atoms. The van der Waals surface area contributed by atoms with Crippen LogP contribution in [0.15, 0.2) is 24.3 Å². The van der Waals surface area contributed by atoms with Gasteiger partial charge in [0.1, 0.15) is 0 Å². The van der Waals surface area contributed by atoms with Crippen molar-refractivity contribution in [3.8, 4) is 17.4 Å². The van der Waals surface area contributed by atoms with Crippen LogP contribution in [0.4, 0.5) is 18.9 Å². The van der Waals surface area contributed by atoms with Gasteiger partial charge in [0.2, 0.25) is 12.7 Å². The van der Waals surface area contributed by atoms with Crippen LogP contribution in [0.2, 0.25) is 0 Å². The topological polar surface area (TPSA) is 87.5 Å². The molecule has 8 nitrogen and oxygen atoms in total. The van der Waals surface area contributed by atoms with E-state index in [9.17, 15) is 18.0 Å². The van der Waals surface area contributed by atoms with Gasteiger partial charge in [0.25, 0.3) is 5.91 Å². The summed E-state index contributed by atoms with van der Waals surface area (Å²) in [5.74, 6) is 0.146. The fraction of sp³-hybridized carbons (Fsp3) is 0.316. The number of carbonyl (C=O) groups is 1. The summed E-state index contributed by atoms with van der Waals surface area (Å²) in [4.78, 5) is 16.6. The number of fused-ring (bicyclic) bond motifs is 2. The highest BCUT2D eigenvalue weighted by Crippen LogP contribution is 2.38. The zero-order valence-electron chi connectivity index (χ0n) is 16.2. The summed E-state index contributed by atoms with van der Waals surface area (Å²) in [7, 11) is 1.49. The van der Waals surface area contributed by atoms with Crippen LogP contribution < -0.4 is 19.5 Å². The van der Waals surface area contributed by atoms with Gasteiger partial charge in [-0.15, -0.1) is 0 Å². The minimum Gasteiger partial charge on any atom is -0.464 e. The van der Waals surface area contributed by atoms with E-state index < -0.39 is 23.8 Å². The maximum Gasteiger partial charge on any atom is 0.417 e. The minimum atomic E-state index is -4.63. The number of anilines is 1. The Morgan fingerprint density at radius 1 is 1.27 bits per heavy atom. The summed E-state index contributed by atoms with van der Waals surface area (Å²) < 4.78 is 57.8. The molecule has 11 heteroatoms. The molecular formula is C19H17F3N4O4.